The summed E-state index contributed by atoms with van der Waals surface area (Å²) in [4.78, 5) is 27.7. The molecule has 0 amide bonds. The molecule has 9 rings (SSSR count). The average molecular weight is 870 g/mol. The molecule has 0 fully saturated rings. The standard InChI is InChI=1S/C12H9NS.3C10H8N2.2Ru/c1-3-7-11-9(5-1)13-10-6-2-4-8-12(10)14-11;3*1-3-7-11-9(5-1)10-6-2-4-8-12-10;;/h1-8,13H;3*1-8H;;. The molecule has 0 saturated carbocycles. The predicted octanol–water partition coefficient (Wildman–Crippen LogP) is 10.3. The Hall–Kier alpha value is -5.26. The Labute approximate surface area is 334 Å². The van der Waals surface area contributed by atoms with Gasteiger partial charge in [-0.1, -0.05) is 72.4 Å². The zero-order valence-corrected chi connectivity index (χ0v) is 32.1. The van der Waals surface area contributed by atoms with Gasteiger partial charge in [0, 0.05) is 85.9 Å². The quantitative estimate of drug-likeness (QED) is 0.176. The topological polar surface area (TPSA) is 89.4 Å². The number of nitrogens with one attached hydrogen (secondary N) is 1. The van der Waals surface area contributed by atoms with Crippen LogP contribution in [0, 0.1) is 0 Å². The van der Waals surface area contributed by atoms with Crippen LogP contribution in [0.25, 0.3) is 34.2 Å². The first-order chi connectivity index (χ1) is 24.8. The first-order valence-corrected chi connectivity index (χ1v) is 16.8. The summed E-state index contributed by atoms with van der Waals surface area (Å²) < 4.78 is 0. The molecule has 0 unspecified atom stereocenters. The number of fused-ring (bicyclic) bond motifs is 2. The third kappa shape index (κ3) is 11.9. The Morgan fingerprint density at radius 3 is 0.750 bits per heavy atom. The van der Waals surface area contributed by atoms with Crippen molar-refractivity contribution in [3.63, 3.8) is 0 Å². The van der Waals surface area contributed by atoms with Crippen LogP contribution in [0.2, 0.25) is 0 Å². The molecule has 1 aliphatic rings. The Morgan fingerprint density at radius 1 is 0.288 bits per heavy atom. The van der Waals surface area contributed by atoms with Crippen molar-refractivity contribution in [3.8, 4) is 34.2 Å². The van der Waals surface area contributed by atoms with Gasteiger partial charge in [0.05, 0.1) is 45.5 Å². The SMILES string of the molecule is [Ru].[Ru].c1ccc(-c2ccccn2)nc1.c1ccc(-c2ccccn2)nc1.c1ccc(-c2ccccn2)nc1.c1ccc2c(c1)Nc1ccccc1S2. The van der Waals surface area contributed by atoms with Crippen molar-refractivity contribution in [2.75, 3.05) is 5.32 Å². The molecule has 0 atom stereocenters. The van der Waals surface area contributed by atoms with Crippen molar-refractivity contribution in [3.05, 3.63) is 195 Å². The van der Waals surface area contributed by atoms with Crippen LogP contribution < -0.4 is 5.32 Å². The van der Waals surface area contributed by atoms with Crippen LogP contribution >= 0.6 is 11.8 Å². The molecule has 10 heteroatoms. The van der Waals surface area contributed by atoms with E-state index in [4.69, 9.17) is 0 Å². The van der Waals surface area contributed by atoms with Gasteiger partial charge in [-0.25, -0.2) is 0 Å². The van der Waals surface area contributed by atoms with Gasteiger partial charge < -0.3 is 5.32 Å². The smallest absolute Gasteiger partial charge is 0.0886 e. The summed E-state index contributed by atoms with van der Waals surface area (Å²) in [5, 5.41) is 3.42. The van der Waals surface area contributed by atoms with E-state index in [0.717, 1.165) is 34.2 Å². The van der Waals surface area contributed by atoms with E-state index in [0.29, 0.717) is 0 Å². The Morgan fingerprint density at radius 2 is 0.519 bits per heavy atom. The van der Waals surface area contributed by atoms with Crippen molar-refractivity contribution in [1.82, 2.24) is 29.9 Å². The van der Waals surface area contributed by atoms with Gasteiger partial charge in [0.25, 0.3) is 0 Å². The molecule has 0 spiro atoms. The normalized spacial score (nSPS) is 10.1. The summed E-state index contributed by atoms with van der Waals surface area (Å²) in [6.45, 7) is 0. The molecule has 0 bridgehead atoms. The molecule has 7 heterocycles. The molecule has 0 aliphatic carbocycles. The van der Waals surface area contributed by atoms with Gasteiger partial charge in [-0.2, -0.15) is 0 Å². The minimum Gasteiger partial charge on any atom is -0.354 e. The summed E-state index contributed by atoms with van der Waals surface area (Å²) in [6.07, 6.45) is 10.6. The van der Waals surface area contributed by atoms with Crippen molar-refractivity contribution in [1.29, 1.82) is 0 Å². The summed E-state index contributed by atoms with van der Waals surface area (Å²) in [7, 11) is 0. The van der Waals surface area contributed by atoms with Crippen molar-refractivity contribution in [2.24, 2.45) is 0 Å². The fourth-order valence-corrected chi connectivity index (χ4v) is 5.66. The number of nitrogens with zero attached hydrogens (tertiary/aromatic N) is 6. The van der Waals surface area contributed by atoms with E-state index < -0.39 is 0 Å². The average Bonchev–Trinajstić information content (AvgIpc) is 3.23. The number of aromatic nitrogens is 6. The molecule has 8 aromatic rings. The van der Waals surface area contributed by atoms with Gasteiger partial charge >= 0.3 is 0 Å². The van der Waals surface area contributed by atoms with E-state index in [1.54, 1.807) is 37.2 Å². The first kappa shape index (κ1) is 39.5. The number of benzene rings is 2. The summed E-state index contributed by atoms with van der Waals surface area (Å²) in [5.74, 6) is 0. The van der Waals surface area contributed by atoms with E-state index >= 15 is 0 Å². The van der Waals surface area contributed by atoms with Gasteiger partial charge in [0.15, 0.2) is 0 Å². The minimum atomic E-state index is 0. The van der Waals surface area contributed by atoms with Crippen LogP contribution in [-0.2, 0) is 39.0 Å². The second kappa shape index (κ2) is 21.8. The molecule has 1 aliphatic heterocycles. The first-order valence-electron chi connectivity index (χ1n) is 15.9. The zero-order valence-electron chi connectivity index (χ0n) is 27.8. The second-order valence-electron chi connectivity index (χ2n) is 10.5. The Kier molecular flexibility index (Phi) is 16.6. The second-order valence-corrected chi connectivity index (χ2v) is 11.6. The molecule has 52 heavy (non-hydrogen) atoms. The maximum Gasteiger partial charge on any atom is 0.0886 e. The van der Waals surface area contributed by atoms with Crippen molar-refractivity contribution >= 4 is 23.1 Å². The van der Waals surface area contributed by atoms with Crippen molar-refractivity contribution < 1.29 is 39.0 Å². The Balaban J connectivity index is 0.000000154. The molecule has 0 saturated heterocycles. The van der Waals surface area contributed by atoms with E-state index in [2.05, 4.69) is 83.8 Å². The summed E-state index contributed by atoms with van der Waals surface area (Å²) >= 11 is 1.82. The van der Waals surface area contributed by atoms with Crippen LogP contribution in [0.5, 0.6) is 0 Å². The predicted molar refractivity (Wildman–Crippen MR) is 203 cm³/mol. The van der Waals surface area contributed by atoms with Crippen LogP contribution in [0.4, 0.5) is 11.4 Å². The van der Waals surface area contributed by atoms with Crippen molar-refractivity contribution in [2.45, 2.75) is 9.79 Å². The van der Waals surface area contributed by atoms with Crippen LogP contribution in [-0.4, -0.2) is 29.9 Å². The Bertz CT molecular complexity index is 1770. The zero-order chi connectivity index (χ0) is 34.1. The number of hydrogen-bond donors (Lipinski definition) is 1. The molecule has 6 aromatic heterocycles. The number of rotatable bonds is 3. The largest absolute Gasteiger partial charge is 0.354 e. The van der Waals surface area contributed by atoms with E-state index in [9.17, 15) is 0 Å². The maximum absolute atomic E-state index is 4.19. The van der Waals surface area contributed by atoms with Crippen LogP contribution in [0.3, 0.4) is 0 Å². The molecule has 0 radical (unpaired) electrons. The molecule has 258 valence electrons. The molecule has 1 N–H and O–H groups in total. The van der Waals surface area contributed by atoms with Gasteiger partial charge in [-0.15, -0.1) is 0 Å². The van der Waals surface area contributed by atoms with Gasteiger partial charge in [-0.3, -0.25) is 29.9 Å². The maximum atomic E-state index is 4.19. The number of pyridine rings is 6. The fourth-order valence-electron chi connectivity index (χ4n) is 4.67. The van der Waals surface area contributed by atoms with E-state index in [1.807, 2.05) is 121 Å². The summed E-state index contributed by atoms with van der Waals surface area (Å²) in [6, 6.07) is 51.5. The number of para-hydroxylation sites is 2. The number of hydrogen-bond acceptors (Lipinski definition) is 8. The molecule has 2 aromatic carbocycles. The van der Waals surface area contributed by atoms with Crippen LogP contribution in [0.1, 0.15) is 0 Å². The van der Waals surface area contributed by atoms with E-state index in [-0.39, 0.29) is 39.0 Å². The van der Waals surface area contributed by atoms with Gasteiger partial charge in [0.2, 0.25) is 0 Å². The number of anilines is 2. The van der Waals surface area contributed by atoms with Gasteiger partial charge in [0.1, 0.15) is 0 Å². The third-order valence-corrected chi connectivity index (χ3v) is 8.19. The summed E-state index contributed by atoms with van der Waals surface area (Å²) in [5.41, 5.74) is 7.90. The van der Waals surface area contributed by atoms with E-state index in [1.165, 1.54) is 21.2 Å². The molecular formula is C42H33N7Ru2S. The minimum absolute atomic E-state index is 0. The fraction of sp³-hybridized carbons (Fsp3) is 0. The van der Waals surface area contributed by atoms with Gasteiger partial charge in [-0.05, 0) is 97.1 Å². The molecular weight excluding hydrogens is 837 g/mol. The van der Waals surface area contributed by atoms with Crippen LogP contribution in [0.15, 0.2) is 205 Å². The monoisotopic (exact) mass is 871 g/mol. The molecule has 7 nitrogen and oxygen atoms in total. The third-order valence-electron chi connectivity index (χ3n) is 7.04.